The Kier molecular flexibility index (Phi) is 6.87. The SMILES string of the molecule is O=C(c1ccccc1F)N1CCN(CCS(=O)c2cc(Cl)ccc2Cl)CC1. The minimum absolute atomic E-state index is 0.0997. The van der Waals surface area contributed by atoms with E-state index in [2.05, 4.69) is 4.90 Å². The monoisotopic (exact) mass is 428 g/mol. The van der Waals surface area contributed by atoms with E-state index < -0.39 is 16.6 Å². The number of piperazine rings is 1. The molecule has 0 bridgehead atoms. The van der Waals surface area contributed by atoms with Crippen LogP contribution in [0.4, 0.5) is 4.39 Å². The van der Waals surface area contributed by atoms with Gasteiger partial charge in [0.25, 0.3) is 5.91 Å². The molecule has 1 amide bonds. The second-order valence-corrected chi connectivity index (χ2v) is 8.62. The molecule has 3 rings (SSSR count). The molecule has 1 aliphatic heterocycles. The predicted molar refractivity (Wildman–Crippen MR) is 106 cm³/mol. The molecule has 1 unspecified atom stereocenters. The van der Waals surface area contributed by atoms with E-state index in [1.807, 2.05) is 0 Å². The Morgan fingerprint density at radius 2 is 1.78 bits per heavy atom. The molecule has 0 saturated carbocycles. The second-order valence-electron chi connectivity index (χ2n) is 6.24. The lowest BCUT2D eigenvalue weighted by Crippen LogP contribution is -2.49. The van der Waals surface area contributed by atoms with Gasteiger partial charge in [-0.05, 0) is 30.3 Å². The largest absolute Gasteiger partial charge is 0.336 e. The third-order valence-corrected chi connectivity index (χ3v) is 6.55. The maximum absolute atomic E-state index is 13.8. The first-order valence-electron chi connectivity index (χ1n) is 8.55. The van der Waals surface area contributed by atoms with E-state index in [-0.39, 0.29) is 11.5 Å². The molecule has 144 valence electrons. The normalized spacial score (nSPS) is 16.3. The molecule has 0 spiro atoms. The van der Waals surface area contributed by atoms with Gasteiger partial charge in [0, 0.05) is 43.5 Å². The maximum Gasteiger partial charge on any atom is 0.256 e. The van der Waals surface area contributed by atoms with Gasteiger partial charge in [0.05, 0.1) is 26.3 Å². The Morgan fingerprint density at radius 3 is 2.48 bits per heavy atom. The highest BCUT2D eigenvalue weighted by Crippen LogP contribution is 2.24. The first-order chi connectivity index (χ1) is 13.0. The van der Waals surface area contributed by atoms with Gasteiger partial charge in [-0.25, -0.2) is 4.39 Å². The molecule has 4 nitrogen and oxygen atoms in total. The molecular weight excluding hydrogens is 410 g/mol. The summed E-state index contributed by atoms with van der Waals surface area (Å²) >= 11 is 12.0. The molecular formula is C19H19Cl2FN2O2S. The summed E-state index contributed by atoms with van der Waals surface area (Å²) in [7, 11) is -1.25. The number of carbonyl (C=O) groups is 1. The van der Waals surface area contributed by atoms with Gasteiger partial charge in [-0.15, -0.1) is 0 Å². The molecule has 1 aliphatic rings. The van der Waals surface area contributed by atoms with Crippen molar-refractivity contribution >= 4 is 39.9 Å². The summed E-state index contributed by atoms with van der Waals surface area (Å²) in [5, 5.41) is 0.945. The summed E-state index contributed by atoms with van der Waals surface area (Å²) in [6.45, 7) is 2.95. The number of hydrogen-bond acceptors (Lipinski definition) is 3. The van der Waals surface area contributed by atoms with E-state index in [0.29, 0.717) is 53.4 Å². The van der Waals surface area contributed by atoms with Crippen LogP contribution in [0, 0.1) is 5.82 Å². The van der Waals surface area contributed by atoms with Crippen LogP contribution >= 0.6 is 23.2 Å². The fourth-order valence-corrected chi connectivity index (χ4v) is 4.75. The van der Waals surface area contributed by atoms with Crippen LogP contribution in [0.15, 0.2) is 47.4 Å². The number of benzene rings is 2. The topological polar surface area (TPSA) is 40.6 Å². The van der Waals surface area contributed by atoms with E-state index >= 15 is 0 Å². The van der Waals surface area contributed by atoms with Gasteiger partial charge in [-0.3, -0.25) is 13.9 Å². The van der Waals surface area contributed by atoms with Gasteiger partial charge in [0.1, 0.15) is 5.82 Å². The summed E-state index contributed by atoms with van der Waals surface area (Å²) in [6.07, 6.45) is 0. The highest BCUT2D eigenvalue weighted by molar-refractivity contribution is 7.85. The second kappa shape index (κ2) is 9.15. The minimum atomic E-state index is -1.25. The maximum atomic E-state index is 13.8. The zero-order chi connectivity index (χ0) is 19.4. The Balaban J connectivity index is 1.51. The zero-order valence-electron chi connectivity index (χ0n) is 14.5. The Morgan fingerprint density at radius 1 is 1.07 bits per heavy atom. The summed E-state index contributed by atoms with van der Waals surface area (Å²) in [5.74, 6) is -0.359. The molecule has 1 heterocycles. The number of hydrogen-bond donors (Lipinski definition) is 0. The quantitative estimate of drug-likeness (QED) is 0.728. The third-order valence-electron chi connectivity index (χ3n) is 4.50. The average molecular weight is 429 g/mol. The lowest BCUT2D eigenvalue weighted by Gasteiger charge is -2.34. The number of carbonyl (C=O) groups excluding carboxylic acids is 1. The van der Waals surface area contributed by atoms with Crippen LogP contribution in [-0.2, 0) is 10.8 Å². The fourth-order valence-electron chi connectivity index (χ4n) is 2.95. The molecule has 8 heteroatoms. The van der Waals surface area contributed by atoms with E-state index in [4.69, 9.17) is 23.2 Å². The van der Waals surface area contributed by atoms with Crippen LogP contribution in [0.2, 0.25) is 10.0 Å². The average Bonchev–Trinajstić information content (AvgIpc) is 2.68. The molecule has 1 atom stereocenters. The lowest BCUT2D eigenvalue weighted by molar-refractivity contribution is 0.0639. The van der Waals surface area contributed by atoms with Crippen LogP contribution in [0.1, 0.15) is 10.4 Å². The minimum Gasteiger partial charge on any atom is -0.336 e. The fraction of sp³-hybridized carbons (Fsp3) is 0.316. The summed E-state index contributed by atoms with van der Waals surface area (Å²) < 4.78 is 26.3. The molecule has 0 radical (unpaired) electrons. The molecule has 0 aliphatic carbocycles. The first kappa shape index (κ1) is 20.3. The number of amides is 1. The molecule has 1 saturated heterocycles. The van der Waals surface area contributed by atoms with E-state index in [9.17, 15) is 13.4 Å². The van der Waals surface area contributed by atoms with Gasteiger partial charge >= 0.3 is 0 Å². The van der Waals surface area contributed by atoms with Crippen molar-refractivity contribution in [3.05, 3.63) is 63.9 Å². The zero-order valence-corrected chi connectivity index (χ0v) is 16.9. The molecule has 1 fully saturated rings. The van der Waals surface area contributed by atoms with Crippen molar-refractivity contribution in [1.82, 2.24) is 9.80 Å². The van der Waals surface area contributed by atoms with Crippen molar-refractivity contribution < 1.29 is 13.4 Å². The number of nitrogens with zero attached hydrogens (tertiary/aromatic N) is 2. The van der Waals surface area contributed by atoms with Crippen molar-refractivity contribution in [3.63, 3.8) is 0 Å². The van der Waals surface area contributed by atoms with Gasteiger partial charge < -0.3 is 4.90 Å². The lowest BCUT2D eigenvalue weighted by atomic mass is 10.1. The van der Waals surface area contributed by atoms with Crippen molar-refractivity contribution in [2.45, 2.75) is 4.90 Å². The van der Waals surface area contributed by atoms with Crippen LogP contribution in [-0.4, -0.2) is 58.4 Å². The molecule has 2 aromatic rings. The molecule has 0 N–H and O–H groups in total. The Labute approximate surface area is 170 Å². The molecule has 0 aromatic heterocycles. The van der Waals surface area contributed by atoms with Crippen molar-refractivity contribution in [1.29, 1.82) is 0 Å². The highest BCUT2D eigenvalue weighted by Gasteiger charge is 2.24. The predicted octanol–water partition coefficient (Wildman–Crippen LogP) is 3.70. The van der Waals surface area contributed by atoms with Gasteiger partial charge in [-0.2, -0.15) is 0 Å². The number of rotatable bonds is 5. The van der Waals surface area contributed by atoms with Gasteiger partial charge in [0.15, 0.2) is 0 Å². The van der Waals surface area contributed by atoms with E-state index in [1.54, 1.807) is 35.2 Å². The van der Waals surface area contributed by atoms with Crippen LogP contribution in [0.3, 0.4) is 0 Å². The highest BCUT2D eigenvalue weighted by atomic mass is 35.5. The van der Waals surface area contributed by atoms with Crippen molar-refractivity contribution in [2.75, 3.05) is 38.5 Å². The van der Waals surface area contributed by atoms with E-state index in [0.717, 1.165) is 0 Å². The third kappa shape index (κ3) is 5.08. The van der Waals surface area contributed by atoms with Crippen LogP contribution < -0.4 is 0 Å². The summed E-state index contributed by atoms with van der Waals surface area (Å²) in [4.78, 5) is 16.8. The van der Waals surface area contributed by atoms with Crippen molar-refractivity contribution in [2.24, 2.45) is 0 Å². The van der Waals surface area contributed by atoms with Crippen LogP contribution in [0.5, 0.6) is 0 Å². The number of halogens is 3. The van der Waals surface area contributed by atoms with E-state index in [1.165, 1.54) is 12.1 Å². The molecule has 27 heavy (non-hydrogen) atoms. The van der Waals surface area contributed by atoms with Crippen molar-refractivity contribution in [3.8, 4) is 0 Å². The summed E-state index contributed by atoms with van der Waals surface area (Å²) in [6, 6.07) is 11.0. The van der Waals surface area contributed by atoms with Gasteiger partial charge in [-0.1, -0.05) is 35.3 Å². The Hall–Kier alpha value is -1.47. The van der Waals surface area contributed by atoms with Gasteiger partial charge in [0.2, 0.25) is 0 Å². The summed E-state index contributed by atoms with van der Waals surface area (Å²) in [5.41, 5.74) is 0.0997. The standard InChI is InChI=1S/C19H19Cl2FN2O2S/c20-14-5-6-16(21)18(13-14)27(26)12-11-23-7-9-24(10-8-23)19(25)15-3-1-2-4-17(15)22/h1-6,13H,7-12H2. The Bertz CT molecular complexity index is 857. The molecule has 2 aromatic carbocycles. The van der Waals surface area contributed by atoms with Crippen LogP contribution in [0.25, 0.3) is 0 Å². The smallest absolute Gasteiger partial charge is 0.256 e. The first-order valence-corrected chi connectivity index (χ1v) is 10.6.